The summed E-state index contributed by atoms with van der Waals surface area (Å²) in [6.07, 6.45) is -5.14. The first-order chi connectivity index (χ1) is 12.3. The normalized spacial score (nSPS) is 19.2. The number of amides is 1. The average Bonchev–Trinajstić information content (AvgIpc) is 2.61. The van der Waals surface area contributed by atoms with Crippen LogP contribution in [0.5, 0.6) is 0 Å². The highest BCUT2D eigenvalue weighted by Crippen LogP contribution is 2.32. The van der Waals surface area contributed by atoms with Crippen molar-refractivity contribution in [3.63, 3.8) is 0 Å². The van der Waals surface area contributed by atoms with E-state index in [0.29, 0.717) is 18.9 Å². The van der Waals surface area contributed by atoms with Gasteiger partial charge < -0.3 is 14.5 Å². The van der Waals surface area contributed by atoms with Gasteiger partial charge in [-0.3, -0.25) is 9.59 Å². The lowest BCUT2D eigenvalue weighted by Crippen LogP contribution is -2.48. The number of carbonyl (C=O) groups excluding carboxylic acids is 2. The largest absolute Gasteiger partial charge is 0.454 e. The zero-order valence-corrected chi connectivity index (χ0v) is 15.8. The predicted molar refractivity (Wildman–Crippen MR) is 96.6 cm³/mol. The molecule has 1 aromatic carbocycles. The molecule has 140 valence electrons. The van der Waals surface area contributed by atoms with Crippen molar-refractivity contribution in [3.05, 3.63) is 39.1 Å². The van der Waals surface area contributed by atoms with Gasteiger partial charge in [0.15, 0.2) is 0 Å². The van der Waals surface area contributed by atoms with Crippen LogP contribution in [0.2, 0.25) is 0 Å². The lowest BCUT2D eigenvalue weighted by molar-refractivity contribution is -0.167. The molecule has 5 nitrogen and oxygen atoms in total. The van der Waals surface area contributed by atoms with Gasteiger partial charge in [-0.2, -0.15) is 13.2 Å². The molecular weight excluding hydrogens is 464 g/mol. The van der Waals surface area contributed by atoms with Gasteiger partial charge in [0.05, 0.1) is 13.2 Å². The smallest absolute Gasteiger partial charge is 0.378 e. The Kier molecular flexibility index (Phi) is 5.56. The van der Waals surface area contributed by atoms with Crippen LogP contribution >= 0.6 is 22.6 Å². The highest BCUT2D eigenvalue weighted by atomic mass is 127. The molecule has 2 aliphatic rings. The van der Waals surface area contributed by atoms with E-state index < -0.39 is 23.4 Å². The highest BCUT2D eigenvalue weighted by molar-refractivity contribution is 14.1. The average molecular weight is 480 g/mol. The standard InChI is InChI=1S/C17H16F3IN2O3/c18-17(19,20)15(24)13-5-6-23(12-3-1-11(21)2-4-12)16(25)14(13)22-7-9-26-10-8-22/h1-4H,5-10H2. The SMILES string of the molecule is O=C1C(N2CCOCC2)=C(C(=O)C(F)(F)F)CCN1c1ccc(I)cc1. The molecule has 26 heavy (non-hydrogen) atoms. The molecule has 0 radical (unpaired) electrons. The number of alkyl halides is 3. The number of halogens is 4. The Labute approximate surface area is 161 Å². The number of Topliss-reactive ketones (excluding diaryl/α,β-unsaturated/α-hetero) is 1. The molecule has 1 saturated heterocycles. The fourth-order valence-corrected chi connectivity index (χ4v) is 3.43. The quantitative estimate of drug-likeness (QED) is 0.625. The van der Waals surface area contributed by atoms with Crippen LogP contribution in [0, 0.1) is 3.57 Å². The number of carbonyl (C=O) groups is 2. The summed E-state index contributed by atoms with van der Waals surface area (Å²) in [6.45, 7) is 1.18. The summed E-state index contributed by atoms with van der Waals surface area (Å²) in [5, 5.41) is 0. The minimum absolute atomic E-state index is 0.0322. The van der Waals surface area contributed by atoms with E-state index in [1.165, 1.54) is 9.80 Å². The summed E-state index contributed by atoms with van der Waals surface area (Å²) in [5.74, 6) is -2.51. The molecule has 9 heteroatoms. The van der Waals surface area contributed by atoms with Gasteiger partial charge in [-0.15, -0.1) is 0 Å². The number of ketones is 1. The van der Waals surface area contributed by atoms with Crippen molar-refractivity contribution in [1.29, 1.82) is 0 Å². The van der Waals surface area contributed by atoms with Crippen LogP contribution in [0.25, 0.3) is 0 Å². The number of hydrogen-bond acceptors (Lipinski definition) is 4. The zero-order valence-electron chi connectivity index (χ0n) is 13.7. The fraction of sp³-hybridized carbons (Fsp3) is 0.412. The minimum atomic E-state index is -5.00. The van der Waals surface area contributed by atoms with Crippen LogP contribution in [-0.2, 0) is 14.3 Å². The second-order valence-corrected chi connectivity index (χ2v) is 7.18. The monoisotopic (exact) mass is 480 g/mol. The summed E-state index contributed by atoms with van der Waals surface area (Å²) < 4.78 is 45.2. The van der Waals surface area contributed by atoms with Gasteiger partial charge in [0.1, 0.15) is 5.70 Å². The number of anilines is 1. The lowest BCUT2D eigenvalue weighted by Gasteiger charge is -2.37. The number of ether oxygens (including phenoxy) is 1. The van der Waals surface area contributed by atoms with Crippen molar-refractivity contribution < 1.29 is 27.5 Å². The Bertz CT molecular complexity index is 741. The molecule has 1 fully saturated rings. The Morgan fingerprint density at radius 1 is 1.08 bits per heavy atom. The summed E-state index contributed by atoms with van der Waals surface area (Å²) >= 11 is 2.13. The van der Waals surface area contributed by atoms with Crippen molar-refractivity contribution in [3.8, 4) is 0 Å². The molecule has 0 atom stereocenters. The third-order valence-electron chi connectivity index (χ3n) is 4.32. The summed E-state index contributed by atoms with van der Waals surface area (Å²) in [5.41, 5.74) is -0.00808. The molecule has 0 bridgehead atoms. The molecule has 2 heterocycles. The van der Waals surface area contributed by atoms with E-state index in [1.807, 2.05) is 12.1 Å². The van der Waals surface area contributed by atoms with E-state index in [-0.39, 0.29) is 31.8 Å². The third kappa shape index (κ3) is 3.88. The first-order valence-electron chi connectivity index (χ1n) is 8.04. The Morgan fingerprint density at radius 3 is 2.27 bits per heavy atom. The molecule has 0 unspecified atom stereocenters. The topological polar surface area (TPSA) is 49.9 Å². The Balaban J connectivity index is 2.01. The molecule has 0 aliphatic carbocycles. The van der Waals surface area contributed by atoms with Crippen molar-refractivity contribution in [1.82, 2.24) is 4.90 Å². The second-order valence-electron chi connectivity index (χ2n) is 5.94. The first kappa shape index (κ1) is 19.2. The van der Waals surface area contributed by atoms with Crippen LogP contribution in [0.1, 0.15) is 6.42 Å². The number of nitrogens with zero attached hydrogens (tertiary/aromatic N) is 2. The van der Waals surface area contributed by atoms with E-state index >= 15 is 0 Å². The van der Waals surface area contributed by atoms with E-state index in [4.69, 9.17) is 4.74 Å². The van der Waals surface area contributed by atoms with E-state index in [1.54, 1.807) is 12.1 Å². The number of rotatable bonds is 3. The van der Waals surface area contributed by atoms with E-state index in [0.717, 1.165) is 3.57 Å². The number of morpholine rings is 1. The second kappa shape index (κ2) is 7.55. The van der Waals surface area contributed by atoms with Gasteiger partial charge in [0.2, 0.25) is 0 Å². The van der Waals surface area contributed by atoms with Gasteiger partial charge in [-0.05, 0) is 53.3 Å². The van der Waals surface area contributed by atoms with Crippen molar-refractivity contribution >= 4 is 40.0 Å². The molecule has 3 rings (SSSR count). The highest BCUT2D eigenvalue weighted by Gasteiger charge is 2.45. The van der Waals surface area contributed by atoms with Gasteiger partial charge >= 0.3 is 6.18 Å². The van der Waals surface area contributed by atoms with Crippen LogP contribution in [0.4, 0.5) is 18.9 Å². The maximum atomic E-state index is 13.0. The predicted octanol–water partition coefficient (Wildman–Crippen LogP) is 2.75. The van der Waals surface area contributed by atoms with E-state index in [2.05, 4.69) is 22.6 Å². The molecule has 0 aromatic heterocycles. The van der Waals surface area contributed by atoms with Crippen molar-refractivity contribution in [2.75, 3.05) is 37.7 Å². The number of hydrogen-bond donors (Lipinski definition) is 0. The third-order valence-corrected chi connectivity index (χ3v) is 5.04. The van der Waals surface area contributed by atoms with Gasteiger partial charge in [-0.25, -0.2) is 0 Å². The van der Waals surface area contributed by atoms with Crippen LogP contribution in [0.15, 0.2) is 35.5 Å². The first-order valence-corrected chi connectivity index (χ1v) is 9.11. The van der Waals surface area contributed by atoms with Gasteiger partial charge in [0, 0.05) is 34.5 Å². The minimum Gasteiger partial charge on any atom is -0.378 e. The molecule has 0 saturated carbocycles. The van der Waals surface area contributed by atoms with Gasteiger partial charge in [0.25, 0.3) is 11.7 Å². The summed E-state index contributed by atoms with van der Waals surface area (Å²) in [7, 11) is 0. The molecule has 2 aliphatic heterocycles. The zero-order chi connectivity index (χ0) is 18.9. The van der Waals surface area contributed by atoms with Crippen molar-refractivity contribution in [2.45, 2.75) is 12.6 Å². The Morgan fingerprint density at radius 2 is 1.69 bits per heavy atom. The van der Waals surface area contributed by atoms with Gasteiger partial charge in [-0.1, -0.05) is 0 Å². The van der Waals surface area contributed by atoms with Crippen LogP contribution in [0.3, 0.4) is 0 Å². The molecule has 0 spiro atoms. The Hall–Kier alpha value is -1.62. The molecule has 1 amide bonds. The summed E-state index contributed by atoms with van der Waals surface area (Å²) in [6, 6.07) is 7.12. The maximum Gasteiger partial charge on any atom is 0.454 e. The van der Waals surface area contributed by atoms with E-state index in [9.17, 15) is 22.8 Å². The van der Waals surface area contributed by atoms with Crippen LogP contribution in [-0.4, -0.2) is 55.6 Å². The number of benzene rings is 1. The van der Waals surface area contributed by atoms with Crippen molar-refractivity contribution in [2.24, 2.45) is 0 Å². The lowest BCUT2D eigenvalue weighted by atomic mass is 9.98. The van der Waals surface area contributed by atoms with Crippen LogP contribution < -0.4 is 4.90 Å². The fourth-order valence-electron chi connectivity index (χ4n) is 3.07. The summed E-state index contributed by atoms with van der Waals surface area (Å²) in [4.78, 5) is 27.9. The maximum absolute atomic E-state index is 13.0. The molecular formula is C17H16F3IN2O3. The molecule has 0 N–H and O–H groups in total. The molecule has 1 aromatic rings.